The van der Waals surface area contributed by atoms with Gasteiger partial charge in [0.1, 0.15) is 11.6 Å². The Morgan fingerprint density at radius 2 is 2.05 bits per heavy atom. The molecule has 1 N–H and O–H groups in total. The zero-order valence-corrected chi connectivity index (χ0v) is 11.3. The third-order valence-electron chi connectivity index (χ3n) is 2.92. The van der Waals surface area contributed by atoms with E-state index in [1.54, 1.807) is 13.2 Å². The predicted octanol–water partition coefficient (Wildman–Crippen LogP) is 3.71. The molecule has 1 aromatic carbocycles. The van der Waals surface area contributed by atoms with E-state index in [1.807, 2.05) is 32.0 Å². The van der Waals surface area contributed by atoms with Crippen molar-refractivity contribution in [2.24, 2.45) is 0 Å². The van der Waals surface area contributed by atoms with Gasteiger partial charge in [0.05, 0.1) is 30.7 Å². The molecule has 100 valence electrons. The van der Waals surface area contributed by atoms with Gasteiger partial charge >= 0.3 is 0 Å². The Labute approximate surface area is 112 Å². The van der Waals surface area contributed by atoms with Crippen LogP contribution in [0.15, 0.2) is 36.5 Å². The van der Waals surface area contributed by atoms with Crippen molar-refractivity contribution in [2.75, 3.05) is 12.4 Å². The number of aryl methyl sites for hydroxylation is 1. The molecule has 2 aromatic rings. The lowest BCUT2D eigenvalue weighted by Gasteiger charge is -2.17. The van der Waals surface area contributed by atoms with Gasteiger partial charge < -0.3 is 10.1 Å². The molecule has 0 aliphatic heterocycles. The number of rotatable bonds is 4. The molecule has 4 heteroatoms. The topological polar surface area (TPSA) is 34.1 Å². The van der Waals surface area contributed by atoms with Crippen LogP contribution < -0.4 is 10.1 Å². The molecule has 0 aliphatic carbocycles. The number of anilines is 1. The molecular formula is C15H17FN2O. The van der Waals surface area contributed by atoms with E-state index < -0.39 is 0 Å². The van der Waals surface area contributed by atoms with E-state index in [9.17, 15) is 4.39 Å². The van der Waals surface area contributed by atoms with Crippen molar-refractivity contribution in [1.29, 1.82) is 0 Å². The standard InChI is InChI=1S/C15H17FN2O/c1-10-4-7-15(19-3)14(8-10)18-11(2)13-6-5-12(16)9-17-13/h4-9,11,18H,1-3H3. The predicted molar refractivity (Wildman–Crippen MR) is 74.0 cm³/mol. The molecule has 0 bridgehead atoms. The Bertz CT molecular complexity index is 555. The largest absolute Gasteiger partial charge is 0.495 e. The number of halogens is 1. The quantitative estimate of drug-likeness (QED) is 0.910. The monoisotopic (exact) mass is 260 g/mol. The van der Waals surface area contributed by atoms with Crippen molar-refractivity contribution in [1.82, 2.24) is 4.98 Å². The summed E-state index contributed by atoms with van der Waals surface area (Å²) < 4.78 is 18.2. The first-order valence-electron chi connectivity index (χ1n) is 6.13. The summed E-state index contributed by atoms with van der Waals surface area (Å²) in [5, 5.41) is 3.33. The van der Waals surface area contributed by atoms with Crippen LogP contribution in [0.25, 0.3) is 0 Å². The molecule has 19 heavy (non-hydrogen) atoms. The van der Waals surface area contributed by atoms with Crippen molar-refractivity contribution < 1.29 is 9.13 Å². The van der Waals surface area contributed by atoms with Crippen LogP contribution in [-0.2, 0) is 0 Å². The molecule has 1 unspecified atom stereocenters. The fraction of sp³-hybridized carbons (Fsp3) is 0.267. The SMILES string of the molecule is COc1ccc(C)cc1NC(C)c1ccc(F)cn1. The van der Waals surface area contributed by atoms with E-state index in [0.29, 0.717) is 0 Å². The molecular weight excluding hydrogens is 243 g/mol. The van der Waals surface area contributed by atoms with Crippen LogP contribution in [0.5, 0.6) is 5.75 Å². The van der Waals surface area contributed by atoms with E-state index in [2.05, 4.69) is 10.3 Å². The minimum Gasteiger partial charge on any atom is -0.495 e. The number of nitrogens with one attached hydrogen (secondary N) is 1. The summed E-state index contributed by atoms with van der Waals surface area (Å²) >= 11 is 0. The fourth-order valence-electron chi connectivity index (χ4n) is 1.89. The highest BCUT2D eigenvalue weighted by atomic mass is 19.1. The lowest BCUT2D eigenvalue weighted by molar-refractivity contribution is 0.416. The first-order valence-corrected chi connectivity index (χ1v) is 6.13. The van der Waals surface area contributed by atoms with Crippen molar-refractivity contribution in [3.8, 4) is 5.75 Å². The van der Waals surface area contributed by atoms with Crippen LogP contribution in [0.4, 0.5) is 10.1 Å². The number of benzene rings is 1. The number of hydrogen-bond acceptors (Lipinski definition) is 3. The molecule has 1 atom stereocenters. The van der Waals surface area contributed by atoms with Gasteiger partial charge in [0, 0.05) is 0 Å². The maximum absolute atomic E-state index is 12.8. The van der Waals surface area contributed by atoms with Gasteiger partial charge in [-0.05, 0) is 43.7 Å². The van der Waals surface area contributed by atoms with Crippen LogP contribution in [0.2, 0.25) is 0 Å². The molecule has 0 aliphatic rings. The number of pyridine rings is 1. The van der Waals surface area contributed by atoms with Crippen molar-refractivity contribution in [3.05, 3.63) is 53.6 Å². The maximum atomic E-state index is 12.8. The minimum absolute atomic E-state index is 0.0312. The lowest BCUT2D eigenvalue weighted by Crippen LogP contribution is -2.09. The molecule has 0 saturated carbocycles. The zero-order valence-electron chi connectivity index (χ0n) is 11.3. The second-order valence-electron chi connectivity index (χ2n) is 4.47. The van der Waals surface area contributed by atoms with E-state index in [1.165, 1.54) is 12.3 Å². The van der Waals surface area contributed by atoms with Gasteiger partial charge in [0.15, 0.2) is 0 Å². The first kappa shape index (κ1) is 13.3. The first-order chi connectivity index (χ1) is 9.10. The van der Waals surface area contributed by atoms with E-state index in [-0.39, 0.29) is 11.9 Å². The molecule has 0 radical (unpaired) electrons. The average Bonchev–Trinajstić information content (AvgIpc) is 2.39. The number of nitrogens with zero attached hydrogens (tertiary/aromatic N) is 1. The summed E-state index contributed by atoms with van der Waals surface area (Å²) in [4.78, 5) is 4.07. The third kappa shape index (κ3) is 3.22. The number of aromatic nitrogens is 1. The average molecular weight is 260 g/mol. The third-order valence-corrected chi connectivity index (χ3v) is 2.92. The molecule has 0 spiro atoms. The molecule has 0 saturated heterocycles. The molecule has 2 rings (SSSR count). The summed E-state index contributed by atoms with van der Waals surface area (Å²) in [5.74, 6) is 0.448. The smallest absolute Gasteiger partial charge is 0.141 e. The highest BCUT2D eigenvalue weighted by Crippen LogP contribution is 2.28. The van der Waals surface area contributed by atoms with Crippen LogP contribution in [0.3, 0.4) is 0 Å². The number of methoxy groups -OCH3 is 1. The molecule has 0 amide bonds. The summed E-state index contributed by atoms with van der Waals surface area (Å²) in [6.07, 6.45) is 1.22. The minimum atomic E-state index is -0.330. The highest BCUT2D eigenvalue weighted by Gasteiger charge is 2.10. The van der Waals surface area contributed by atoms with Gasteiger partial charge in [-0.1, -0.05) is 6.07 Å². The summed E-state index contributed by atoms with van der Waals surface area (Å²) in [6.45, 7) is 3.99. The summed E-state index contributed by atoms with van der Waals surface area (Å²) in [6, 6.07) is 8.98. The fourth-order valence-corrected chi connectivity index (χ4v) is 1.89. The van der Waals surface area contributed by atoms with Crippen LogP contribution in [0.1, 0.15) is 24.2 Å². The molecule has 1 heterocycles. The van der Waals surface area contributed by atoms with E-state index in [4.69, 9.17) is 4.74 Å². The zero-order chi connectivity index (χ0) is 13.8. The molecule has 3 nitrogen and oxygen atoms in total. The summed E-state index contributed by atoms with van der Waals surface area (Å²) in [5.41, 5.74) is 2.83. The van der Waals surface area contributed by atoms with Crippen LogP contribution in [-0.4, -0.2) is 12.1 Å². The highest BCUT2D eigenvalue weighted by molar-refractivity contribution is 5.58. The van der Waals surface area contributed by atoms with Gasteiger partial charge in [-0.3, -0.25) is 4.98 Å². The molecule has 1 aromatic heterocycles. The van der Waals surface area contributed by atoms with Gasteiger partial charge in [-0.25, -0.2) is 4.39 Å². The van der Waals surface area contributed by atoms with Crippen LogP contribution in [0, 0.1) is 12.7 Å². The Kier molecular flexibility index (Phi) is 4.00. The number of ether oxygens (including phenoxy) is 1. The maximum Gasteiger partial charge on any atom is 0.141 e. The van der Waals surface area contributed by atoms with Crippen molar-refractivity contribution in [3.63, 3.8) is 0 Å². The Hall–Kier alpha value is -2.10. The van der Waals surface area contributed by atoms with Crippen molar-refractivity contribution in [2.45, 2.75) is 19.9 Å². The Morgan fingerprint density at radius 1 is 1.26 bits per heavy atom. The van der Waals surface area contributed by atoms with Gasteiger partial charge in [-0.15, -0.1) is 0 Å². The van der Waals surface area contributed by atoms with Crippen LogP contribution >= 0.6 is 0 Å². The second-order valence-corrected chi connectivity index (χ2v) is 4.47. The summed E-state index contributed by atoms with van der Waals surface area (Å²) in [7, 11) is 1.64. The number of hydrogen-bond donors (Lipinski definition) is 1. The van der Waals surface area contributed by atoms with Gasteiger partial charge in [-0.2, -0.15) is 0 Å². The van der Waals surface area contributed by atoms with E-state index in [0.717, 1.165) is 22.7 Å². The normalized spacial score (nSPS) is 12.0. The van der Waals surface area contributed by atoms with Crippen molar-refractivity contribution >= 4 is 5.69 Å². The Morgan fingerprint density at radius 3 is 2.68 bits per heavy atom. The van der Waals surface area contributed by atoms with Gasteiger partial charge in [0.25, 0.3) is 0 Å². The second kappa shape index (κ2) is 5.69. The molecule has 0 fully saturated rings. The van der Waals surface area contributed by atoms with E-state index >= 15 is 0 Å². The Balaban J connectivity index is 2.20. The lowest BCUT2D eigenvalue weighted by atomic mass is 10.1. The van der Waals surface area contributed by atoms with Gasteiger partial charge in [0.2, 0.25) is 0 Å².